The van der Waals surface area contributed by atoms with Crippen LogP contribution in [-0.2, 0) is 10.0 Å². The fourth-order valence-electron chi connectivity index (χ4n) is 3.14. The zero-order valence-corrected chi connectivity index (χ0v) is 14.6. The van der Waals surface area contributed by atoms with Gasteiger partial charge in [-0.3, -0.25) is 0 Å². The van der Waals surface area contributed by atoms with Gasteiger partial charge in [-0.1, -0.05) is 27.7 Å². The Hall–Kier alpha value is 0.0500. The summed E-state index contributed by atoms with van der Waals surface area (Å²) in [5, 5.41) is 0. The Kier molecular flexibility index (Phi) is 3.68. The summed E-state index contributed by atoms with van der Waals surface area (Å²) in [5.74, 6) is 0. The third kappa shape index (κ3) is 2.40. The lowest BCUT2D eigenvalue weighted by Gasteiger charge is -2.62. The summed E-state index contributed by atoms with van der Waals surface area (Å²) >= 11 is 4.49. The number of rotatable bonds is 3. The lowest BCUT2D eigenvalue weighted by atomic mass is 9.49. The summed E-state index contributed by atoms with van der Waals surface area (Å²) in [7, 11) is -3.48. The fraction of sp³-hybridized carbons (Fsp3) is 0.667. The maximum Gasteiger partial charge on any atom is 0.250 e. The van der Waals surface area contributed by atoms with Crippen molar-refractivity contribution in [2.75, 3.05) is 0 Å². The van der Waals surface area contributed by atoms with Crippen molar-refractivity contribution in [3.63, 3.8) is 0 Å². The topological polar surface area (TPSA) is 72.2 Å². The number of hydrogen-bond donors (Lipinski definition) is 2. The van der Waals surface area contributed by atoms with E-state index in [-0.39, 0.29) is 22.9 Å². The molecule has 0 bridgehead atoms. The molecule has 0 amide bonds. The van der Waals surface area contributed by atoms with Gasteiger partial charge in [0.05, 0.1) is 3.79 Å². The molecule has 1 heterocycles. The van der Waals surface area contributed by atoms with Gasteiger partial charge in [-0.15, -0.1) is 11.3 Å². The summed E-state index contributed by atoms with van der Waals surface area (Å²) in [5.41, 5.74) is 5.66. The molecule has 0 unspecified atom stereocenters. The van der Waals surface area contributed by atoms with Crippen LogP contribution in [0.1, 0.15) is 27.7 Å². The largest absolute Gasteiger partial charge is 0.327 e. The van der Waals surface area contributed by atoms with E-state index < -0.39 is 10.0 Å². The molecule has 0 aliphatic heterocycles. The van der Waals surface area contributed by atoms with Crippen molar-refractivity contribution in [2.45, 2.75) is 44.0 Å². The van der Waals surface area contributed by atoms with Gasteiger partial charge in [-0.25, -0.2) is 13.1 Å². The molecule has 4 nitrogen and oxygen atoms in total. The summed E-state index contributed by atoms with van der Waals surface area (Å²) in [6.07, 6.45) is 0. The second-order valence-electron chi connectivity index (χ2n) is 6.23. The molecule has 0 radical (unpaired) electrons. The second-order valence-corrected chi connectivity index (χ2v) is 10.6. The Morgan fingerprint density at radius 3 is 2.21 bits per heavy atom. The average Bonchev–Trinajstić information content (AvgIpc) is 2.72. The Bertz CT molecular complexity index is 577. The first-order valence-electron chi connectivity index (χ1n) is 6.03. The molecular formula is C12H19BrN2O2S2. The Labute approximate surface area is 127 Å². The van der Waals surface area contributed by atoms with Gasteiger partial charge < -0.3 is 5.73 Å². The third-order valence-electron chi connectivity index (χ3n) is 4.18. The first-order chi connectivity index (χ1) is 8.49. The number of halogens is 1. The van der Waals surface area contributed by atoms with Crippen molar-refractivity contribution in [1.82, 2.24) is 4.72 Å². The quantitative estimate of drug-likeness (QED) is 0.863. The molecule has 1 aliphatic carbocycles. The minimum atomic E-state index is -3.48. The van der Waals surface area contributed by atoms with Gasteiger partial charge in [-0.05, 0) is 38.9 Å². The van der Waals surface area contributed by atoms with Gasteiger partial charge in [-0.2, -0.15) is 0 Å². The average molecular weight is 367 g/mol. The molecule has 1 aromatic heterocycles. The predicted octanol–water partition coefficient (Wildman–Crippen LogP) is 2.55. The van der Waals surface area contributed by atoms with Crippen molar-refractivity contribution in [3.8, 4) is 0 Å². The molecule has 7 heteroatoms. The minimum absolute atomic E-state index is 0.0252. The van der Waals surface area contributed by atoms with E-state index in [9.17, 15) is 8.42 Å². The van der Waals surface area contributed by atoms with Gasteiger partial charge in [0.25, 0.3) is 0 Å². The summed E-state index contributed by atoms with van der Waals surface area (Å²) in [6, 6.07) is 3.15. The number of nitrogens with one attached hydrogen (secondary N) is 1. The number of sulfonamides is 1. The highest BCUT2D eigenvalue weighted by molar-refractivity contribution is 9.11. The molecular weight excluding hydrogens is 348 g/mol. The smallest absolute Gasteiger partial charge is 0.250 e. The van der Waals surface area contributed by atoms with E-state index in [0.717, 1.165) is 3.79 Å². The minimum Gasteiger partial charge on any atom is -0.327 e. The third-order valence-corrected chi connectivity index (χ3v) is 7.72. The first-order valence-corrected chi connectivity index (χ1v) is 9.12. The Morgan fingerprint density at radius 2 is 1.79 bits per heavy atom. The molecule has 0 aromatic carbocycles. The number of nitrogens with two attached hydrogens (primary N) is 1. The predicted molar refractivity (Wildman–Crippen MR) is 81.7 cm³/mol. The van der Waals surface area contributed by atoms with Crippen LogP contribution in [0, 0.1) is 10.8 Å². The normalized spacial score (nSPS) is 28.9. The van der Waals surface area contributed by atoms with Gasteiger partial charge >= 0.3 is 0 Å². The van der Waals surface area contributed by atoms with Crippen LogP contribution in [-0.4, -0.2) is 20.5 Å². The molecule has 0 spiro atoms. The van der Waals surface area contributed by atoms with Gasteiger partial charge in [0.15, 0.2) is 0 Å². The first kappa shape index (κ1) is 15.4. The highest BCUT2D eigenvalue weighted by Gasteiger charge is 2.61. The molecule has 1 fully saturated rings. The summed E-state index contributed by atoms with van der Waals surface area (Å²) in [4.78, 5) is 0. The summed E-state index contributed by atoms with van der Waals surface area (Å²) < 4.78 is 28.7. The van der Waals surface area contributed by atoms with Crippen molar-refractivity contribution in [1.29, 1.82) is 0 Å². The van der Waals surface area contributed by atoms with E-state index in [0.29, 0.717) is 4.21 Å². The molecule has 1 aliphatic rings. The molecule has 19 heavy (non-hydrogen) atoms. The van der Waals surface area contributed by atoms with Crippen LogP contribution >= 0.6 is 27.3 Å². The van der Waals surface area contributed by atoms with Crippen molar-refractivity contribution in [2.24, 2.45) is 16.6 Å². The second kappa shape index (κ2) is 4.53. The number of thiophene rings is 1. The van der Waals surface area contributed by atoms with Crippen molar-refractivity contribution >= 4 is 37.3 Å². The van der Waals surface area contributed by atoms with Crippen LogP contribution in [0.25, 0.3) is 0 Å². The van der Waals surface area contributed by atoms with Gasteiger partial charge in [0, 0.05) is 12.1 Å². The highest BCUT2D eigenvalue weighted by Crippen LogP contribution is 2.53. The zero-order chi connectivity index (χ0) is 14.6. The zero-order valence-electron chi connectivity index (χ0n) is 11.4. The maximum absolute atomic E-state index is 12.4. The van der Waals surface area contributed by atoms with E-state index in [1.807, 2.05) is 27.7 Å². The van der Waals surface area contributed by atoms with E-state index >= 15 is 0 Å². The molecule has 0 saturated heterocycles. The molecule has 3 N–H and O–H groups in total. The van der Waals surface area contributed by atoms with Crippen molar-refractivity contribution < 1.29 is 8.42 Å². The maximum atomic E-state index is 12.4. The van der Waals surface area contributed by atoms with E-state index in [1.165, 1.54) is 11.3 Å². The van der Waals surface area contributed by atoms with Crippen molar-refractivity contribution in [3.05, 3.63) is 15.9 Å². The molecule has 2 rings (SSSR count). The van der Waals surface area contributed by atoms with Crippen LogP contribution < -0.4 is 10.5 Å². The highest BCUT2D eigenvalue weighted by atomic mass is 79.9. The van der Waals surface area contributed by atoms with E-state index in [4.69, 9.17) is 5.73 Å². The van der Waals surface area contributed by atoms with Crippen LogP contribution in [0.5, 0.6) is 0 Å². The number of hydrogen-bond acceptors (Lipinski definition) is 4. The monoisotopic (exact) mass is 366 g/mol. The standard InChI is InChI=1S/C12H19BrN2O2S2/c1-11(2)9(14)12(3,4)10(11)15-19(16,17)8-6-5-7(13)18-8/h5-6,9-10,15H,14H2,1-4H3. The van der Waals surface area contributed by atoms with E-state index in [1.54, 1.807) is 12.1 Å². The molecule has 1 saturated carbocycles. The van der Waals surface area contributed by atoms with Crippen LogP contribution in [0.15, 0.2) is 20.1 Å². The molecule has 108 valence electrons. The van der Waals surface area contributed by atoms with Crippen LogP contribution in [0.3, 0.4) is 0 Å². The Balaban J connectivity index is 2.27. The summed E-state index contributed by atoms with van der Waals surface area (Å²) in [6.45, 7) is 8.00. The lowest BCUT2D eigenvalue weighted by Crippen LogP contribution is -2.75. The van der Waals surface area contributed by atoms with E-state index in [2.05, 4.69) is 20.7 Å². The van der Waals surface area contributed by atoms with Crippen LogP contribution in [0.4, 0.5) is 0 Å². The van der Waals surface area contributed by atoms with Gasteiger partial charge in [0.2, 0.25) is 10.0 Å². The Morgan fingerprint density at radius 1 is 1.26 bits per heavy atom. The fourth-order valence-corrected chi connectivity index (χ4v) is 6.71. The lowest BCUT2D eigenvalue weighted by molar-refractivity contribution is -0.0593. The SMILES string of the molecule is CC1(C)C(N)C(C)(C)C1NS(=O)(=O)c1ccc(Br)s1. The van der Waals surface area contributed by atoms with Crippen LogP contribution in [0.2, 0.25) is 0 Å². The van der Waals surface area contributed by atoms with Gasteiger partial charge in [0.1, 0.15) is 4.21 Å². The molecule has 0 atom stereocenters. The molecule has 1 aromatic rings.